The van der Waals surface area contributed by atoms with E-state index in [-0.39, 0.29) is 0 Å². The number of fused-ring (bicyclic) bond motifs is 2. The molecule has 0 atom stereocenters. The molecule has 12 aromatic rings. The number of hydrogen-bond acceptors (Lipinski definition) is 2. The third-order valence-corrected chi connectivity index (χ3v) is 13.7. The maximum absolute atomic E-state index is 2.32. The standard InChI is InChI=1S/C70H50N2/c1-3-17-61(18-4-1)71(65-47-39-59(40-48-65)69-23-11-15-57-13-7-9-21-67(57)69)63-43-35-55(36-44-63)53-31-27-51(28-32-53)25-26-52-29-33-54(34-30-52)56-37-45-64(46-38-56)72(62-19-5-2-6-20-62)66-49-41-60(42-50-66)70-24-12-16-58-14-8-10-22-68(58)70/h1-50H/b26-25+. The lowest BCUT2D eigenvalue weighted by molar-refractivity contribution is 1.28. The molecule has 0 saturated carbocycles. The van der Waals surface area contributed by atoms with Crippen molar-refractivity contribution in [2.24, 2.45) is 0 Å². The molecule has 0 fully saturated rings. The Morgan fingerprint density at radius 3 is 0.806 bits per heavy atom. The maximum Gasteiger partial charge on any atom is 0.0462 e. The second-order valence-corrected chi connectivity index (χ2v) is 18.2. The van der Waals surface area contributed by atoms with Crippen molar-refractivity contribution in [3.63, 3.8) is 0 Å². The van der Waals surface area contributed by atoms with Gasteiger partial charge < -0.3 is 9.80 Å². The van der Waals surface area contributed by atoms with Gasteiger partial charge in [-0.2, -0.15) is 0 Å². The maximum atomic E-state index is 2.32. The minimum Gasteiger partial charge on any atom is -0.311 e. The smallest absolute Gasteiger partial charge is 0.0462 e. The van der Waals surface area contributed by atoms with Crippen LogP contribution in [0.5, 0.6) is 0 Å². The monoisotopic (exact) mass is 918 g/mol. The van der Waals surface area contributed by atoms with Gasteiger partial charge in [0.2, 0.25) is 0 Å². The van der Waals surface area contributed by atoms with E-state index in [0.29, 0.717) is 0 Å². The normalized spacial score (nSPS) is 11.3. The number of anilines is 6. The van der Waals surface area contributed by atoms with Crippen molar-refractivity contribution in [1.82, 2.24) is 0 Å². The first-order valence-electron chi connectivity index (χ1n) is 24.6. The quantitative estimate of drug-likeness (QED) is 0.113. The van der Waals surface area contributed by atoms with Crippen LogP contribution in [-0.2, 0) is 0 Å². The summed E-state index contributed by atoms with van der Waals surface area (Å²) >= 11 is 0. The van der Waals surface area contributed by atoms with Crippen LogP contribution in [0.15, 0.2) is 291 Å². The van der Waals surface area contributed by atoms with Gasteiger partial charge >= 0.3 is 0 Å². The molecule has 12 aromatic carbocycles. The van der Waals surface area contributed by atoms with Gasteiger partial charge in [0.1, 0.15) is 0 Å². The summed E-state index contributed by atoms with van der Waals surface area (Å²) in [7, 11) is 0. The Bertz CT molecular complexity index is 3520. The molecule has 72 heavy (non-hydrogen) atoms. The highest BCUT2D eigenvalue weighted by Crippen LogP contribution is 2.40. The molecule has 0 heterocycles. The summed E-state index contributed by atoms with van der Waals surface area (Å²) in [6.45, 7) is 0. The highest BCUT2D eigenvalue weighted by molar-refractivity contribution is 5.98. The third kappa shape index (κ3) is 9.09. The molecule has 0 aromatic heterocycles. The van der Waals surface area contributed by atoms with Crippen LogP contribution in [-0.4, -0.2) is 0 Å². The summed E-state index contributed by atoms with van der Waals surface area (Å²) in [5, 5.41) is 5.03. The first-order chi connectivity index (χ1) is 35.7. The lowest BCUT2D eigenvalue weighted by Gasteiger charge is -2.26. The van der Waals surface area contributed by atoms with E-state index in [4.69, 9.17) is 0 Å². The van der Waals surface area contributed by atoms with Gasteiger partial charge in [-0.15, -0.1) is 0 Å². The van der Waals surface area contributed by atoms with Crippen molar-refractivity contribution < 1.29 is 0 Å². The van der Waals surface area contributed by atoms with Crippen LogP contribution >= 0.6 is 0 Å². The molecule has 2 nitrogen and oxygen atoms in total. The molecule has 0 unspecified atom stereocenters. The summed E-state index contributed by atoms with van der Waals surface area (Å²) < 4.78 is 0. The molecule has 0 amide bonds. The first-order valence-corrected chi connectivity index (χ1v) is 24.6. The van der Waals surface area contributed by atoms with Crippen molar-refractivity contribution in [3.8, 4) is 44.5 Å². The second kappa shape index (κ2) is 19.8. The molecular weight excluding hydrogens is 869 g/mol. The summed E-state index contributed by atoms with van der Waals surface area (Å²) in [6.07, 6.45) is 4.37. The van der Waals surface area contributed by atoms with Crippen LogP contribution in [0.4, 0.5) is 34.1 Å². The molecule has 0 N–H and O–H groups in total. The number of rotatable bonds is 12. The summed E-state index contributed by atoms with van der Waals surface area (Å²) in [4.78, 5) is 4.64. The van der Waals surface area contributed by atoms with Crippen LogP contribution in [0.25, 0.3) is 78.2 Å². The Morgan fingerprint density at radius 2 is 0.458 bits per heavy atom. The van der Waals surface area contributed by atoms with Crippen LogP contribution in [0.3, 0.4) is 0 Å². The molecule has 0 aliphatic carbocycles. The minimum absolute atomic E-state index is 1.11. The van der Waals surface area contributed by atoms with Gasteiger partial charge in [-0.3, -0.25) is 0 Å². The average Bonchev–Trinajstić information content (AvgIpc) is 3.46. The summed E-state index contributed by atoms with van der Waals surface area (Å²) in [6, 6.07) is 105. The zero-order valence-electron chi connectivity index (χ0n) is 39.8. The van der Waals surface area contributed by atoms with Gasteiger partial charge in [-0.25, -0.2) is 0 Å². The van der Waals surface area contributed by atoms with Crippen molar-refractivity contribution >= 4 is 67.8 Å². The largest absolute Gasteiger partial charge is 0.311 e. The van der Waals surface area contributed by atoms with Gasteiger partial charge in [0.15, 0.2) is 0 Å². The molecule has 12 rings (SSSR count). The second-order valence-electron chi connectivity index (χ2n) is 18.2. The Kier molecular flexibility index (Phi) is 12.1. The fourth-order valence-electron chi connectivity index (χ4n) is 9.95. The van der Waals surface area contributed by atoms with Crippen molar-refractivity contribution in [1.29, 1.82) is 0 Å². The highest BCUT2D eigenvalue weighted by Gasteiger charge is 2.16. The van der Waals surface area contributed by atoms with Gasteiger partial charge in [0.25, 0.3) is 0 Å². The summed E-state index contributed by atoms with van der Waals surface area (Å²) in [5.41, 5.74) is 18.6. The van der Waals surface area contributed by atoms with Crippen LogP contribution in [0, 0.1) is 0 Å². The molecule has 0 saturated heterocycles. The van der Waals surface area contributed by atoms with Crippen LogP contribution in [0.1, 0.15) is 11.1 Å². The van der Waals surface area contributed by atoms with Crippen LogP contribution < -0.4 is 9.80 Å². The predicted octanol–water partition coefficient (Wildman–Crippen LogP) is 19.8. The Balaban J connectivity index is 0.721. The highest BCUT2D eigenvalue weighted by atomic mass is 15.1. The summed E-state index contributed by atoms with van der Waals surface area (Å²) in [5.74, 6) is 0. The third-order valence-electron chi connectivity index (χ3n) is 13.7. The average molecular weight is 919 g/mol. The van der Waals surface area contributed by atoms with Crippen LogP contribution in [0.2, 0.25) is 0 Å². The van der Waals surface area contributed by atoms with E-state index in [2.05, 4.69) is 313 Å². The number of nitrogens with zero attached hydrogens (tertiary/aromatic N) is 2. The number of benzene rings is 12. The van der Waals surface area contributed by atoms with E-state index in [1.807, 2.05) is 0 Å². The minimum atomic E-state index is 1.11. The van der Waals surface area contributed by atoms with E-state index in [1.165, 1.54) is 66.1 Å². The zero-order valence-corrected chi connectivity index (χ0v) is 39.8. The Hall–Kier alpha value is -9.50. The lowest BCUT2D eigenvalue weighted by Crippen LogP contribution is -2.09. The number of para-hydroxylation sites is 2. The Labute approximate surface area is 422 Å². The van der Waals surface area contributed by atoms with E-state index in [1.54, 1.807) is 0 Å². The lowest BCUT2D eigenvalue weighted by atomic mass is 9.98. The topological polar surface area (TPSA) is 6.48 Å². The molecule has 0 radical (unpaired) electrons. The van der Waals surface area contributed by atoms with Crippen molar-refractivity contribution in [2.75, 3.05) is 9.80 Å². The van der Waals surface area contributed by atoms with Gasteiger partial charge in [-0.05, 0) is 150 Å². The van der Waals surface area contributed by atoms with E-state index >= 15 is 0 Å². The SMILES string of the molecule is C(=C\c1ccc(-c2ccc(N(c3ccccc3)c3ccc(-c4cccc5ccccc45)cc3)cc2)cc1)/c1ccc(-c2ccc(N(c3ccccc3)c3ccc(-c4cccc5ccccc45)cc3)cc2)cc1. The van der Waals surface area contributed by atoms with Crippen molar-refractivity contribution in [3.05, 3.63) is 302 Å². The molecule has 2 heteroatoms. The fraction of sp³-hybridized carbons (Fsp3) is 0. The zero-order chi connectivity index (χ0) is 48.1. The fourth-order valence-corrected chi connectivity index (χ4v) is 9.95. The van der Waals surface area contributed by atoms with E-state index in [0.717, 1.165) is 45.3 Å². The van der Waals surface area contributed by atoms with Gasteiger partial charge in [-0.1, -0.05) is 231 Å². The first kappa shape index (κ1) is 43.8. The predicted molar refractivity (Wildman–Crippen MR) is 308 cm³/mol. The number of hydrogen-bond donors (Lipinski definition) is 0. The Morgan fingerprint density at radius 1 is 0.194 bits per heavy atom. The molecular formula is C70H50N2. The molecule has 0 bridgehead atoms. The molecule has 340 valence electrons. The van der Waals surface area contributed by atoms with Gasteiger partial charge in [0.05, 0.1) is 0 Å². The molecule has 0 aliphatic rings. The van der Waals surface area contributed by atoms with E-state index in [9.17, 15) is 0 Å². The van der Waals surface area contributed by atoms with Gasteiger partial charge in [0, 0.05) is 34.1 Å². The molecule has 0 aliphatic heterocycles. The van der Waals surface area contributed by atoms with Crippen molar-refractivity contribution in [2.45, 2.75) is 0 Å². The molecule has 0 spiro atoms. The van der Waals surface area contributed by atoms with E-state index < -0.39 is 0 Å².